The highest BCUT2D eigenvalue weighted by Gasteiger charge is 1.99. The first-order chi connectivity index (χ1) is 7.47. The van der Waals surface area contributed by atoms with E-state index in [4.69, 9.17) is 0 Å². The summed E-state index contributed by atoms with van der Waals surface area (Å²) in [5.41, 5.74) is 0. The third-order valence-electron chi connectivity index (χ3n) is 1.99. The van der Waals surface area contributed by atoms with E-state index in [1.807, 2.05) is 0 Å². The highest BCUT2D eigenvalue weighted by Crippen LogP contribution is 2.14. The molecule has 0 atom stereocenters. The molecule has 0 aliphatic carbocycles. The molecule has 4 nitrogen and oxygen atoms in total. The van der Waals surface area contributed by atoms with E-state index in [1.165, 1.54) is 16.0 Å². The van der Waals surface area contributed by atoms with Crippen molar-refractivity contribution in [3.05, 3.63) is 21.9 Å². The van der Waals surface area contributed by atoms with Gasteiger partial charge in [0.05, 0.1) is 6.26 Å². The van der Waals surface area contributed by atoms with Crippen LogP contribution in [0.3, 0.4) is 0 Å². The summed E-state index contributed by atoms with van der Waals surface area (Å²) in [5.74, 6) is 0. The smallest absolute Gasteiger partial charge is 0.208 e. The summed E-state index contributed by atoms with van der Waals surface area (Å²) in [4.78, 5) is 2.63. The van der Waals surface area contributed by atoms with Crippen LogP contribution in [-0.2, 0) is 16.6 Å². The SMILES string of the molecule is Cc1ccc(CNCCCNS(C)(=O)=O)s1. The van der Waals surface area contributed by atoms with Crippen LogP contribution in [0.25, 0.3) is 0 Å². The highest BCUT2D eigenvalue weighted by atomic mass is 32.2. The molecule has 0 saturated heterocycles. The third-order valence-corrected chi connectivity index (χ3v) is 3.72. The van der Waals surface area contributed by atoms with Gasteiger partial charge in [-0.25, -0.2) is 13.1 Å². The average molecular weight is 262 g/mol. The molecular formula is C10H18N2O2S2. The van der Waals surface area contributed by atoms with Crippen LogP contribution in [0.15, 0.2) is 12.1 Å². The molecule has 0 amide bonds. The van der Waals surface area contributed by atoms with Gasteiger partial charge in [0, 0.05) is 22.8 Å². The molecule has 1 heterocycles. The molecule has 1 aromatic rings. The molecule has 1 aromatic heterocycles. The zero-order valence-electron chi connectivity index (χ0n) is 9.62. The predicted octanol–water partition coefficient (Wildman–Crippen LogP) is 1.09. The summed E-state index contributed by atoms with van der Waals surface area (Å²) in [6, 6.07) is 4.22. The standard InChI is InChI=1S/C10H18N2O2S2/c1-9-4-5-10(15-9)8-11-6-3-7-12-16(2,13)14/h4-5,11-12H,3,6-8H2,1-2H3. The summed E-state index contributed by atoms with van der Waals surface area (Å²) in [6.07, 6.45) is 1.98. The molecule has 6 heteroatoms. The molecule has 0 unspecified atom stereocenters. The number of hydrogen-bond acceptors (Lipinski definition) is 4. The number of thiophene rings is 1. The number of rotatable bonds is 7. The molecule has 0 aromatic carbocycles. The highest BCUT2D eigenvalue weighted by molar-refractivity contribution is 7.88. The van der Waals surface area contributed by atoms with Crippen molar-refractivity contribution >= 4 is 21.4 Å². The molecule has 0 bridgehead atoms. The maximum absolute atomic E-state index is 10.8. The Labute approximate surface area is 101 Å². The first-order valence-corrected chi connectivity index (χ1v) is 7.89. The number of nitrogens with one attached hydrogen (secondary N) is 2. The van der Waals surface area contributed by atoms with E-state index in [-0.39, 0.29) is 0 Å². The lowest BCUT2D eigenvalue weighted by molar-refractivity contribution is 0.579. The number of aryl methyl sites for hydroxylation is 1. The van der Waals surface area contributed by atoms with Gasteiger partial charge >= 0.3 is 0 Å². The van der Waals surface area contributed by atoms with E-state index in [9.17, 15) is 8.42 Å². The van der Waals surface area contributed by atoms with E-state index in [1.54, 1.807) is 11.3 Å². The third kappa shape index (κ3) is 6.22. The van der Waals surface area contributed by atoms with Gasteiger partial charge in [-0.2, -0.15) is 0 Å². The van der Waals surface area contributed by atoms with Crippen molar-refractivity contribution in [1.82, 2.24) is 10.0 Å². The lowest BCUT2D eigenvalue weighted by atomic mass is 10.4. The van der Waals surface area contributed by atoms with Gasteiger partial charge in [0.25, 0.3) is 0 Å². The normalized spacial score (nSPS) is 11.9. The van der Waals surface area contributed by atoms with E-state index >= 15 is 0 Å². The van der Waals surface area contributed by atoms with Crippen molar-refractivity contribution in [2.24, 2.45) is 0 Å². The lowest BCUT2D eigenvalue weighted by Crippen LogP contribution is -2.26. The zero-order valence-corrected chi connectivity index (χ0v) is 11.2. The molecule has 92 valence electrons. The molecule has 16 heavy (non-hydrogen) atoms. The van der Waals surface area contributed by atoms with Crippen molar-refractivity contribution in [2.45, 2.75) is 19.9 Å². The second-order valence-corrected chi connectivity index (χ2v) is 6.91. The summed E-state index contributed by atoms with van der Waals surface area (Å²) < 4.78 is 24.0. The zero-order chi connectivity index (χ0) is 12.0. The Morgan fingerprint density at radius 1 is 1.31 bits per heavy atom. The lowest BCUT2D eigenvalue weighted by Gasteiger charge is -2.03. The molecule has 2 N–H and O–H groups in total. The molecule has 1 rings (SSSR count). The maximum atomic E-state index is 10.8. The monoisotopic (exact) mass is 262 g/mol. The minimum absolute atomic E-state index is 0.495. The van der Waals surface area contributed by atoms with Gasteiger partial charge in [-0.15, -0.1) is 11.3 Å². The van der Waals surface area contributed by atoms with Crippen LogP contribution in [0.5, 0.6) is 0 Å². The van der Waals surface area contributed by atoms with Crippen LogP contribution in [0.2, 0.25) is 0 Å². The van der Waals surface area contributed by atoms with Gasteiger partial charge in [0.1, 0.15) is 0 Å². The molecular weight excluding hydrogens is 244 g/mol. The Balaban J connectivity index is 2.04. The van der Waals surface area contributed by atoms with Crippen molar-refractivity contribution in [3.8, 4) is 0 Å². The average Bonchev–Trinajstić information content (AvgIpc) is 2.56. The Bertz CT molecular complexity index is 412. The minimum atomic E-state index is -3.04. The van der Waals surface area contributed by atoms with Crippen LogP contribution in [-0.4, -0.2) is 27.8 Å². The fourth-order valence-electron chi connectivity index (χ4n) is 1.26. The van der Waals surface area contributed by atoms with Gasteiger partial charge < -0.3 is 5.32 Å². The maximum Gasteiger partial charge on any atom is 0.208 e. The fraction of sp³-hybridized carbons (Fsp3) is 0.600. The van der Waals surface area contributed by atoms with Crippen LogP contribution in [0, 0.1) is 6.92 Å². The van der Waals surface area contributed by atoms with Crippen LogP contribution < -0.4 is 10.0 Å². The fourth-order valence-corrected chi connectivity index (χ4v) is 2.64. The van der Waals surface area contributed by atoms with Gasteiger partial charge in [-0.05, 0) is 32.0 Å². The Morgan fingerprint density at radius 3 is 2.62 bits per heavy atom. The van der Waals surface area contributed by atoms with Gasteiger partial charge in [-0.3, -0.25) is 0 Å². The quantitative estimate of drug-likeness (QED) is 0.723. The summed E-state index contributed by atoms with van der Waals surface area (Å²) in [6.45, 7) is 4.26. The molecule has 0 aliphatic heterocycles. The molecule has 0 fully saturated rings. The summed E-state index contributed by atoms with van der Waals surface area (Å²) in [5, 5.41) is 3.28. The van der Waals surface area contributed by atoms with Crippen molar-refractivity contribution in [3.63, 3.8) is 0 Å². The van der Waals surface area contributed by atoms with Crippen LogP contribution >= 0.6 is 11.3 Å². The molecule has 0 radical (unpaired) electrons. The second-order valence-electron chi connectivity index (χ2n) is 3.71. The van der Waals surface area contributed by atoms with Crippen LogP contribution in [0.4, 0.5) is 0 Å². The van der Waals surface area contributed by atoms with E-state index in [0.717, 1.165) is 19.5 Å². The van der Waals surface area contributed by atoms with Gasteiger partial charge in [0.2, 0.25) is 10.0 Å². The Hall–Kier alpha value is -0.430. The predicted molar refractivity (Wildman–Crippen MR) is 68.2 cm³/mol. The Kier molecular flexibility index (Phi) is 5.40. The van der Waals surface area contributed by atoms with Crippen LogP contribution in [0.1, 0.15) is 16.2 Å². The topological polar surface area (TPSA) is 58.2 Å². The van der Waals surface area contributed by atoms with Gasteiger partial charge in [0.15, 0.2) is 0 Å². The number of sulfonamides is 1. The minimum Gasteiger partial charge on any atom is -0.312 e. The van der Waals surface area contributed by atoms with Crippen molar-refractivity contribution in [1.29, 1.82) is 0 Å². The largest absolute Gasteiger partial charge is 0.312 e. The molecule has 0 aliphatic rings. The second kappa shape index (κ2) is 6.34. The molecule has 0 saturated carbocycles. The summed E-state index contributed by atoms with van der Waals surface area (Å²) >= 11 is 1.78. The first kappa shape index (κ1) is 13.6. The summed E-state index contributed by atoms with van der Waals surface area (Å²) in [7, 11) is -3.04. The van der Waals surface area contributed by atoms with Crippen molar-refractivity contribution in [2.75, 3.05) is 19.3 Å². The number of hydrogen-bond donors (Lipinski definition) is 2. The van der Waals surface area contributed by atoms with E-state index in [2.05, 4.69) is 29.1 Å². The molecule has 0 spiro atoms. The van der Waals surface area contributed by atoms with E-state index in [0.29, 0.717) is 6.54 Å². The Morgan fingerprint density at radius 2 is 2.06 bits per heavy atom. The van der Waals surface area contributed by atoms with Crippen molar-refractivity contribution < 1.29 is 8.42 Å². The first-order valence-electron chi connectivity index (χ1n) is 5.18. The van der Waals surface area contributed by atoms with Gasteiger partial charge in [-0.1, -0.05) is 0 Å². The van der Waals surface area contributed by atoms with E-state index < -0.39 is 10.0 Å².